The highest BCUT2D eigenvalue weighted by Gasteiger charge is 2.19. The maximum atomic E-state index is 13.7. The molecule has 0 aliphatic carbocycles. The third-order valence-electron chi connectivity index (χ3n) is 2.78. The highest BCUT2D eigenvalue weighted by atomic mass is 19.1. The maximum absolute atomic E-state index is 13.7. The van der Waals surface area contributed by atoms with Crippen molar-refractivity contribution in [1.82, 2.24) is 10.3 Å². The quantitative estimate of drug-likeness (QED) is 0.535. The average molecular weight is 254 g/mol. The number of carbonyl (C=O) groups excluding carboxylic acids is 1. The van der Waals surface area contributed by atoms with E-state index < -0.39 is 11.7 Å². The molecule has 1 amide bonds. The number of pyridine rings is 1. The lowest BCUT2D eigenvalue weighted by Crippen LogP contribution is -2.32. The molecule has 2 heterocycles. The third kappa shape index (κ3) is 2.74. The first-order valence-electron chi connectivity index (χ1n) is 5.73. The Balaban J connectivity index is 1.99. The van der Waals surface area contributed by atoms with Gasteiger partial charge in [-0.15, -0.1) is 0 Å². The van der Waals surface area contributed by atoms with Gasteiger partial charge in [-0.05, 0) is 18.9 Å². The number of halogens is 1. The Kier molecular flexibility index (Phi) is 4.06. The molecule has 0 saturated carbocycles. The second-order valence-corrected chi connectivity index (χ2v) is 4.01. The number of anilines is 1. The van der Waals surface area contributed by atoms with Gasteiger partial charge in [0, 0.05) is 19.3 Å². The van der Waals surface area contributed by atoms with Crippen molar-refractivity contribution in [1.29, 1.82) is 0 Å². The van der Waals surface area contributed by atoms with Crippen molar-refractivity contribution in [2.24, 2.45) is 5.84 Å². The van der Waals surface area contributed by atoms with E-state index in [2.05, 4.69) is 15.7 Å². The number of hydrazine groups is 1. The standard InChI is InChI=1S/C11H15FN4O2/c12-9-8(3-4-14-10(9)16-13)11(17)15-6-7-2-1-5-18-7/h3-4,7H,1-2,5-6,13H2,(H,14,16)(H,15,17). The number of rotatable bonds is 4. The second-order valence-electron chi connectivity index (χ2n) is 4.01. The van der Waals surface area contributed by atoms with Gasteiger partial charge in [-0.25, -0.2) is 15.2 Å². The molecule has 4 N–H and O–H groups in total. The van der Waals surface area contributed by atoms with E-state index in [-0.39, 0.29) is 17.5 Å². The van der Waals surface area contributed by atoms with Crippen molar-refractivity contribution in [3.05, 3.63) is 23.6 Å². The Labute approximate surface area is 104 Å². The smallest absolute Gasteiger partial charge is 0.254 e. The molecule has 0 aromatic carbocycles. The van der Waals surface area contributed by atoms with Crippen molar-refractivity contribution in [3.8, 4) is 0 Å². The SMILES string of the molecule is NNc1nccc(C(=O)NCC2CCCO2)c1F. The predicted molar refractivity (Wildman–Crippen MR) is 63.3 cm³/mol. The van der Waals surface area contributed by atoms with Gasteiger partial charge in [0.15, 0.2) is 11.6 Å². The summed E-state index contributed by atoms with van der Waals surface area (Å²) in [4.78, 5) is 15.4. The van der Waals surface area contributed by atoms with Crippen molar-refractivity contribution >= 4 is 11.7 Å². The van der Waals surface area contributed by atoms with Crippen LogP contribution in [0.3, 0.4) is 0 Å². The lowest BCUT2D eigenvalue weighted by Gasteiger charge is -2.11. The number of hydrogen-bond donors (Lipinski definition) is 3. The number of aromatic nitrogens is 1. The first kappa shape index (κ1) is 12.7. The summed E-state index contributed by atoms with van der Waals surface area (Å²) in [6.07, 6.45) is 3.24. The van der Waals surface area contributed by atoms with E-state index in [9.17, 15) is 9.18 Å². The molecule has 1 saturated heterocycles. The summed E-state index contributed by atoms with van der Waals surface area (Å²) in [7, 11) is 0. The fourth-order valence-electron chi connectivity index (χ4n) is 1.83. The fraction of sp³-hybridized carbons (Fsp3) is 0.455. The van der Waals surface area contributed by atoms with Crippen molar-refractivity contribution in [3.63, 3.8) is 0 Å². The fourth-order valence-corrected chi connectivity index (χ4v) is 1.83. The van der Waals surface area contributed by atoms with Gasteiger partial charge < -0.3 is 15.5 Å². The summed E-state index contributed by atoms with van der Waals surface area (Å²) in [5.74, 6) is 3.68. The molecule has 1 aromatic rings. The molecule has 98 valence electrons. The molecule has 1 unspecified atom stereocenters. The minimum Gasteiger partial charge on any atom is -0.376 e. The number of nitrogens with two attached hydrogens (primary N) is 1. The van der Waals surface area contributed by atoms with Crippen molar-refractivity contribution in [2.45, 2.75) is 18.9 Å². The number of ether oxygens (including phenoxy) is 1. The number of amides is 1. The first-order valence-corrected chi connectivity index (χ1v) is 5.73. The lowest BCUT2D eigenvalue weighted by molar-refractivity contribution is 0.0854. The Bertz CT molecular complexity index is 435. The van der Waals surface area contributed by atoms with Crippen LogP contribution in [0.1, 0.15) is 23.2 Å². The van der Waals surface area contributed by atoms with Gasteiger partial charge in [0.05, 0.1) is 11.7 Å². The van der Waals surface area contributed by atoms with Gasteiger partial charge in [0.1, 0.15) is 0 Å². The monoisotopic (exact) mass is 254 g/mol. The molecule has 7 heteroatoms. The van der Waals surface area contributed by atoms with Crippen LogP contribution < -0.4 is 16.6 Å². The van der Waals surface area contributed by atoms with Crippen LogP contribution in [0, 0.1) is 5.82 Å². The Hall–Kier alpha value is -1.73. The van der Waals surface area contributed by atoms with Crippen LogP contribution in [0.15, 0.2) is 12.3 Å². The minimum absolute atomic E-state index is 0.0194. The minimum atomic E-state index is -0.759. The molecule has 18 heavy (non-hydrogen) atoms. The molecule has 1 aliphatic rings. The van der Waals surface area contributed by atoms with E-state index in [0.29, 0.717) is 13.2 Å². The molecule has 0 radical (unpaired) electrons. The van der Waals surface area contributed by atoms with E-state index in [1.54, 1.807) is 0 Å². The first-order chi connectivity index (χ1) is 8.72. The highest BCUT2D eigenvalue weighted by Crippen LogP contribution is 2.14. The Morgan fingerprint density at radius 1 is 1.67 bits per heavy atom. The molecular formula is C11H15FN4O2. The molecule has 1 aliphatic heterocycles. The zero-order valence-corrected chi connectivity index (χ0v) is 9.78. The summed E-state index contributed by atoms with van der Waals surface area (Å²) >= 11 is 0. The average Bonchev–Trinajstić information content (AvgIpc) is 2.89. The van der Waals surface area contributed by atoms with Gasteiger partial charge in [-0.2, -0.15) is 0 Å². The molecule has 0 spiro atoms. The summed E-state index contributed by atoms with van der Waals surface area (Å²) in [6, 6.07) is 1.31. The van der Waals surface area contributed by atoms with Crippen LogP contribution in [0.2, 0.25) is 0 Å². The van der Waals surface area contributed by atoms with Crippen LogP contribution >= 0.6 is 0 Å². The molecule has 2 rings (SSSR count). The molecule has 1 aromatic heterocycles. The van der Waals surface area contributed by atoms with E-state index >= 15 is 0 Å². The number of nitrogens with one attached hydrogen (secondary N) is 2. The van der Waals surface area contributed by atoms with Gasteiger partial charge in [0.25, 0.3) is 5.91 Å². The van der Waals surface area contributed by atoms with E-state index in [1.807, 2.05) is 0 Å². The predicted octanol–water partition coefficient (Wildman–Crippen LogP) is 0.415. The molecule has 1 fully saturated rings. The third-order valence-corrected chi connectivity index (χ3v) is 2.78. The summed E-state index contributed by atoms with van der Waals surface area (Å²) in [5.41, 5.74) is 2.01. The number of nitrogens with zero attached hydrogens (tertiary/aromatic N) is 1. The summed E-state index contributed by atoms with van der Waals surface area (Å²) in [6.45, 7) is 1.09. The van der Waals surface area contributed by atoms with E-state index in [1.165, 1.54) is 12.3 Å². The van der Waals surface area contributed by atoms with E-state index in [4.69, 9.17) is 10.6 Å². The molecular weight excluding hydrogens is 239 g/mol. The maximum Gasteiger partial charge on any atom is 0.254 e. The zero-order chi connectivity index (χ0) is 13.0. The number of hydrogen-bond acceptors (Lipinski definition) is 5. The number of nitrogen functional groups attached to an aromatic ring is 1. The van der Waals surface area contributed by atoms with Gasteiger partial charge in [0.2, 0.25) is 0 Å². The normalized spacial score (nSPS) is 18.7. The summed E-state index contributed by atoms with van der Waals surface area (Å²) in [5, 5.41) is 2.63. The Morgan fingerprint density at radius 3 is 3.17 bits per heavy atom. The topological polar surface area (TPSA) is 89.3 Å². The van der Waals surface area contributed by atoms with Gasteiger partial charge in [-0.3, -0.25) is 4.79 Å². The molecule has 0 bridgehead atoms. The zero-order valence-electron chi connectivity index (χ0n) is 9.78. The highest BCUT2D eigenvalue weighted by molar-refractivity contribution is 5.95. The van der Waals surface area contributed by atoms with Crippen LogP contribution in [-0.2, 0) is 4.74 Å². The lowest BCUT2D eigenvalue weighted by atomic mass is 10.2. The van der Waals surface area contributed by atoms with Crippen LogP contribution in [0.25, 0.3) is 0 Å². The van der Waals surface area contributed by atoms with E-state index in [0.717, 1.165) is 12.8 Å². The van der Waals surface area contributed by atoms with Crippen molar-refractivity contribution in [2.75, 3.05) is 18.6 Å². The second kappa shape index (κ2) is 5.74. The molecule has 6 nitrogen and oxygen atoms in total. The number of carbonyl (C=O) groups is 1. The van der Waals surface area contributed by atoms with Crippen LogP contribution in [-0.4, -0.2) is 30.1 Å². The Morgan fingerprint density at radius 2 is 2.50 bits per heavy atom. The largest absolute Gasteiger partial charge is 0.376 e. The van der Waals surface area contributed by atoms with Crippen LogP contribution in [0.5, 0.6) is 0 Å². The summed E-state index contributed by atoms with van der Waals surface area (Å²) < 4.78 is 19.1. The molecule has 1 atom stereocenters. The van der Waals surface area contributed by atoms with Crippen LogP contribution in [0.4, 0.5) is 10.2 Å². The van der Waals surface area contributed by atoms with Gasteiger partial charge >= 0.3 is 0 Å². The van der Waals surface area contributed by atoms with Gasteiger partial charge in [-0.1, -0.05) is 0 Å². The van der Waals surface area contributed by atoms with Crippen molar-refractivity contribution < 1.29 is 13.9 Å².